The smallest absolute Gasteiger partial charge is 0.0109 e. The van der Waals surface area contributed by atoms with Gasteiger partial charge in [-0.05, 0) is 24.8 Å². The van der Waals surface area contributed by atoms with E-state index in [1.54, 1.807) is 5.57 Å². The predicted octanol–water partition coefficient (Wildman–Crippen LogP) is 2.21. The van der Waals surface area contributed by atoms with Crippen molar-refractivity contribution in [1.29, 1.82) is 0 Å². The molecule has 2 heteroatoms. The van der Waals surface area contributed by atoms with Gasteiger partial charge in [0.1, 0.15) is 0 Å². The lowest BCUT2D eigenvalue weighted by atomic mass is 10.0. The second-order valence-corrected chi connectivity index (χ2v) is 4.68. The van der Waals surface area contributed by atoms with Crippen molar-refractivity contribution in [3.05, 3.63) is 47.5 Å². The van der Waals surface area contributed by atoms with Gasteiger partial charge in [-0.25, -0.2) is 0 Å². The molecule has 1 aliphatic rings. The SMILES string of the molecule is NCC=C1CCN(CCc2ccccc2)CC1. The summed E-state index contributed by atoms with van der Waals surface area (Å²) in [5.74, 6) is 0. The van der Waals surface area contributed by atoms with Gasteiger partial charge in [-0.1, -0.05) is 42.0 Å². The summed E-state index contributed by atoms with van der Waals surface area (Å²) >= 11 is 0. The number of nitrogens with two attached hydrogens (primary N) is 1. The van der Waals surface area contributed by atoms with Crippen molar-refractivity contribution in [1.82, 2.24) is 4.90 Å². The van der Waals surface area contributed by atoms with Crippen LogP contribution in [0.3, 0.4) is 0 Å². The van der Waals surface area contributed by atoms with Crippen LogP contribution in [0.25, 0.3) is 0 Å². The molecule has 0 spiro atoms. The Morgan fingerprint density at radius 1 is 1.12 bits per heavy atom. The highest BCUT2D eigenvalue weighted by Crippen LogP contribution is 2.15. The van der Waals surface area contributed by atoms with Crippen LogP contribution >= 0.6 is 0 Å². The van der Waals surface area contributed by atoms with Crippen molar-refractivity contribution >= 4 is 0 Å². The zero-order chi connectivity index (χ0) is 11.9. The summed E-state index contributed by atoms with van der Waals surface area (Å²) in [6.45, 7) is 4.26. The van der Waals surface area contributed by atoms with E-state index in [4.69, 9.17) is 5.73 Å². The summed E-state index contributed by atoms with van der Waals surface area (Å²) in [5, 5.41) is 0. The number of likely N-dealkylation sites (tertiary alicyclic amines) is 1. The molecule has 0 atom stereocenters. The zero-order valence-corrected chi connectivity index (χ0v) is 10.4. The highest BCUT2D eigenvalue weighted by molar-refractivity contribution is 5.15. The van der Waals surface area contributed by atoms with Gasteiger partial charge in [0.25, 0.3) is 0 Å². The molecule has 0 unspecified atom stereocenters. The lowest BCUT2D eigenvalue weighted by molar-refractivity contribution is 0.259. The Labute approximate surface area is 104 Å². The van der Waals surface area contributed by atoms with Crippen molar-refractivity contribution < 1.29 is 0 Å². The number of hydrogen-bond acceptors (Lipinski definition) is 2. The monoisotopic (exact) mass is 230 g/mol. The minimum atomic E-state index is 0.694. The summed E-state index contributed by atoms with van der Waals surface area (Å²) in [6, 6.07) is 10.7. The Morgan fingerprint density at radius 3 is 2.47 bits per heavy atom. The van der Waals surface area contributed by atoms with Crippen LogP contribution in [0.4, 0.5) is 0 Å². The molecule has 1 fully saturated rings. The number of rotatable bonds is 4. The average molecular weight is 230 g/mol. The van der Waals surface area contributed by atoms with Crippen LogP contribution in [0.1, 0.15) is 18.4 Å². The molecule has 0 radical (unpaired) electrons. The van der Waals surface area contributed by atoms with E-state index >= 15 is 0 Å². The van der Waals surface area contributed by atoms with Crippen LogP contribution < -0.4 is 5.73 Å². The normalized spacial score (nSPS) is 17.1. The molecule has 17 heavy (non-hydrogen) atoms. The molecule has 0 bridgehead atoms. The largest absolute Gasteiger partial charge is 0.327 e. The third-order valence-corrected chi connectivity index (χ3v) is 3.46. The van der Waals surface area contributed by atoms with Crippen LogP contribution in [0.2, 0.25) is 0 Å². The van der Waals surface area contributed by atoms with E-state index in [0.717, 1.165) is 6.42 Å². The topological polar surface area (TPSA) is 29.3 Å². The molecule has 1 heterocycles. The van der Waals surface area contributed by atoms with Gasteiger partial charge in [-0.2, -0.15) is 0 Å². The quantitative estimate of drug-likeness (QED) is 0.804. The van der Waals surface area contributed by atoms with Crippen molar-refractivity contribution in [2.75, 3.05) is 26.2 Å². The standard InChI is InChI=1S/C15H22N2/c16-10-6-15-8-12-17(13-9-15)11-7-14-4-2-1-3-5-14/h1-6H,7-13,16H2. The molecular weight excluding hydrogens is 208 g/mol. The van der Waals surface area contributed by atoms with Crippen molar-refractivity contribution in [3.8, 4) is 0 Å². The van der Waals surface area contributed by atoms with Crippen molar-refractivity contribution in [2.24, 2.45) is 5.73 Å². The van der Waals surface area contributed by atoms with Crippen LogP contribution in [-0.4, -0.2) is 31.1 Å². The van der Waals surface area contributed by atoms with Gasteiger partial charge >= 0.3 is 0 Å². The second kappa shape index (κ2) is 6.58. The molecule has 1 aromatic carbocycles. The van der Waals surface area contributed by atoms with Crippen LogP contribution in [0.5, 0.6) is 0 Å². The lowest BCUT2D eigenvalue weighted by Crippen LogP contribution is -2.32. The van der Waals surface area contributed by atoms with Gasteiger partial charge in [-0.3, -0.25) is 0 Å². The van der Waals surface area contributed by atoms with E-state index in [9.17, 15) is 0 Å². The molecule has 1 aromatic rings. The first-order valence-corrected chi connectivity index (χ1v) is 6.53. The van der Waals surface area contributed by atoms with E-state index in [2.05, 4.69) is 41.3 Å². The Bertz CT molecular complexity index is 346. The van der Waals surface area contributed by atoms with Gasteiger partial charge < -0.3 is 10.6 Å². The zero-order valence-electron chi connectivity index (χ0n) is 10.4. The second-order valence-electron chi connectivity index (χ2n) is 4.68. The lowest BCUT2D eigenvalue weighted by Gasteiger charge is -2.28. The van der Waals surface area contributed by atoms with E-state index in [1.165, 1.54) is 38.0 Å². The van der Waals surface area contributed by atoms with E-state index in [1.807, 2.05) is 0 Å². The number of piperidine rings is 1. The predicted molar refractivity (Wildman–Crippen MR) is 73.0 cm³/mol. The van der Waals surface area contributed by atoms with Gasteiger partial charge in [0.2, 0.25) is 0 Å². The molecule has 1 saturated heterocycles. The highest BCUT2D eigenvalue weighted by Gasteiger charge is 2.12. The van der Waals surface area contributed by atoms with Gasteiger partial charge in [0, 0.05) is 26.2 Å². The fourth-order valence-electron chi connectivity index (χ4n) is 2.37. The molecule has 2 rings (SSSR count). The maximum Gasteiger partial charge on any atom is 0.0109 e. The van der Waals surface area contributed by atoms with E-state index in [0.29, 0.717) is 6.54 Å². The summed E-state index contributed by atoms with van der Waals surface area (Å²) in [4.78, 5) is 2.56. The first kappa shape index (κ1) is 12.3. The van der Waals surface area contributed by atoms with Gasteiger partial charge in [0.15, 0.2) is 0 Å². The third kappa shape index (κ3) is 3.99. The number of benzene rings is 1. The average Bonchev–Trinajstić information content (AvgIpc) is 2.40. The Morgan fingerprint density at radius 2 is 1.82 bits per heavy atom. The van der Waals surface area contributed by atoms with E-state index in [-0.39, 0.29) is 0 Å². The minimum absolute atomic E-state index is 0.694. The molecule has 0 amide bonds. The summed E-state index contributed by atoms with van der Waals surface area (Å²) in [7, 11) is 0. The minimum Gasteiger partial charge on any atom is -0.327 e. The van der Waals surface area contributed by atoms with Gasteiger partial charge in [-0.15, -0.1) is 0 Å². The molecule has 92 valence electrons. The summed E-state index contributed by atoms with van der Waals surface area (Å²) in [5.41, 5.74) is 8.52. The van der Waals surface area contributed by atoms with Crippen LogP contribution in [0.15, 0.2) is 42.0 Å². The maximum absolute atomic E-state index is 5.54. The number of nitrogens with zero attached hydrogens (tertiary/aromatic N) is 1. The fraction of sp³-hybridized carbons (Fsp3) is 0.467. The molecular formula is C15H22N2. The van der Waals surface area contributed by atoms with Crippen LogP contribution in [0, 0.1) is 0 Å². The maximum atomic E-state index is 5.54. The molecule has 0 saturated carbocycles. The first-order valence-electron chi connectivity index (χ1n) is 6.53. The molecule has 2 N–H and O–H groups in total. The Hall–Kier alpha value is -1.12. The third-order valence-electron chi connectivity index (χ3n) is 3.46. The Balaban J connectivity index is 1.74. The molecule has 1 aliphatic heterocycles. The molecule has 0 aromatic heterocycles. The van der Waals surface area contributed by atoms with E-state index < -0.39 is 0 Å². The fourth-order valence-corrected chi connectivity index (χ4v) is 2.37. The summed E-state index contributed by atoms with van der Waals surface area (Å²) < 4.78 is 0. The number of hydrogen-bond donors (Lipinski definition) is 1. The van der Waals surface area contributed by atoms with Crippen LogP contribution in [-0.2, 0) is 6.42 Å². The first-order chi connectivity index (χ1) is 8.38. The van der Waals surface area contributed by atoms with Crippen molar-refractivity contribution in [3.63, 3.8) is 0 Å². The summed E-state index contributed by atoms with van der Waals surface area (Å²) in [6.07, 6.45) is 5.75. The molecule has 2 nitrogen and oxygen atoms in total. The molecule has 0 aliphatic carbocycles. The highest BCUT2D eigenvalue weighted by atomic mass is 15.1. The van der Waals surface area contributed by atoms with Crippen molar-refractivity contribution in [2.45, 2.75) is 19.3 Å². The Kier molecular flexibility index (Phi) is 4.77. The van der Waals surface area contributed by atoms with Gasteiger partial charge in [0.05, 0.1) is 0 Å².